The molecule has 130 valence electrons. The molecular weight excluding hydrogens is 318 g/mol. The highest BCUT2D eigenvalue weighted by Crippen LogP contribution is 2.43. The van der Waals surface area contributed by atoms with Gasteiger partial charge in [0, 0.05) is 24.9 Å². The minimum Gasteiger partial charge on any atom is -0.343 e. The van der Waals surface area contributed by atoms with Crippen molar-refractivity contribution >= 4 is 23.9 Å². The normalized spacial score (nSPS) is 23.5. The average molecular weight is 339 g/mol. The van der Waals surface area contributed by atoms with Crippen LogP contribution < -0.4 is 10.6 Å². The van der Waals surface area contributed by atoms with Crippen molar-refractivity contribution in [2.75, 3.05) is 13.1 Å². The molecule has 0 unspecified atom stereocenters. The van der Waals surface area contributed by atoms with Gasteiger partial charge in [0.05, 0.1) is 0 Å². The van der Waals surface area contributed by atoms with Crippen LogP contribution in [0.3, 0.4) is 0 Å². The Morgan fingerprint density at radius 3 is 2.68 bits per heavy atom. The van der Waals surface area contributed by atoms with Crippen molar-refractivity contribution in [3.63, 3.8) is 0 Å². The third-order valence-electron chi connectivity index (χ3n) is 5.59. The van der Waals surface area contributed by atoms with Crippen molar-refractivity contribution in [1.82, 2.24) is 15.5 Å². The van der Waals surface area contributed by atoms with Gasteiger partial charge in [0.25, 0.3) is 5.91 Å². The molecule has 0 aromatic heterocycles. The van der Waals surface area contributed by atoms with Crippen molar-refractivity contribution in [3.8, 4) is 0 Å². The predicted molar refractivity (Wildman–Crippen MR) is 92.7 cm³/mol. The van der Waals surface area contributed by atoms with E-state index in [0.717, 1.165) is 25.9 Å². The second kappa shape index (κ2) is 6.02. The average Bonchev–Trinajstić information content (AvgIpc) is 3.14. The Balaban J connectivity index is 1.33. The number of fused-ring (bicyclic) bond motifs is 2. The molecule has 1 aromatic rings. The molecule has 2 fully saturated rings. The number of urea groups is 1. The molecule has 1 aliphatic carbocycles. The van der Waals surface area contributed by atoms with Gasteiger partial charge in [-0.25, -0.2) is 4.79 Å². The zero-order chi connectivity index (χ0) is 17.4. The summed E-state index contributed by atoms with van der Waals surface area (Å²) in [6.45, 7) is 1.45. The van der Waals surface area contributed by atoms with Gasteiger partial charge in [-0.1, -0.05) is 36.4 Å². The van der Waals surface area contributed by atoms with Crippen molar-refractivity contribution < 1.29 is 14.4 Å². The molecule has 2 saturated heterocycles. The van der Waals surface area contributed by atoms with E-state index in [1.165, 1.54) is 11.1 Å². The molecule has 0 saturated carbocycles. The van der Waals surface area contributed by atoms with Crippen molar-refractivity contribution in [2.24, 2.45) is 0 Å². The van der Waals surface area contributed by atoms with E-state index in [0.29, 0.717) is 6.42 Å². The topological polar surface area (TPSA) is 78.5 Å². The number of hydrogen-bond donors (Lipinski definition) is 2. The maximum atomic E-state index is 12.5. The quantitative estimate of drug-likeness (QED) is 0.821. The number of amides is 4. The van der Waals surface area contributed by atoms with E-state index in [2.05, 4.69) is 47.1 Å². The fraction of sp³-hybridized carbons (Fsp3) is 0.421. The number of nitrogens with zero attached hydrogens (tertiary/aromatic N) is 1. The summed E-state index contributed by atoms with van der Waals surface area (Å²) in [7, 11) is 0. The lowest BCUT2D eigenvalue weighted by Gasteiger charge is -2.39. The molecular formula is C19H21N3O3. The van der Waals surface area contributed by atoms with Gasteiger partial charge in [-0.05, 0) is 30.4 Å². The summed E-state index contributed by atoms with van der Waals surface area (Å²) in [6.07, 6.45) is 6.95. The molecule has 1 aromatic carbocycles. The van der Waals surface area contributed by atoms with Crippen LogP contribution in [0.2, 0.25) is 0 Å². The summed E-state index contributed by atoms with van der Waals surface area (Å²) in [5, 5.41) is 4.72. The van der Waals surface area contributed by atoms with E-state index in [-0.39, 0.29) is 23.7 Å². The standard InChI is InChI=1S/C19H21N3O3/c23-16(6-5-15-17(24)21-18(25)20-15)22-11-9-19(10-12-22)8-7-13-3-1-2-4-14(13)19/h1-4,7-8,15H,5-6,9-12H2,(H2,20,21,24,25)/t15-/m0/s1. The minimum atomic E-state index is -0.586. The molecule has 1 atom stereocenters. The molecule has 2 heterocycles. The van der Waals surface area contributed by atoms with Gasteiger partial charge in [0.2, 0.25) is 5.91 Å². The van der Waals surface area contributed by atoms with E-state index in [4.69, 9.17) is 0 Å². The molecule has 0 bridgehead atoms. The Morgan fingerprint density at radius 1 is 1.20 bits per heavy atom. The summed E-state index contributed by atoms with van der Waals surface area (Å²) in [6, 6.07) is 7.39. The highest BCUT2D eigenvalue weighted by Gasteiger charge is 2.39. The van der Waals surface area contributed by atoms with E-state index in [1.54, 1.807) is 0 Å². The van der Waals surface area contributed by atoms with Crippen LogP contribution in [0.4, 0.5) is 4.79 Å². The number of likely N-dealkylation sites (tertiary alicyclic amines) is 1. The Morgan fingerprint density at radius 2 is 1.96 bits per heavy atom. The number of piperidine rings is 1. The Kier molecular flexibility index (Phi) is 3.82. The molecule has 2 aliphatic heterocycles. The molecule has 1 spiro atoms. The summed E-state index contributed by atoms with van der Waals surface area (Å²) in [5.74, 6) is -0.290. The van der Waals surface area contributed by atoms with Crippen LogP contribution >= 0.6 is 0 Å². The van der Waals surface area contributed by atoms with Crippen LogP contribution in [-0.4, -0.2) is 41.9 Å². The lowest BCUT2D eigenvalue weighted by molar-refractivity contribution is -0.132. The molecule has 0 radical (unpaired) electrons. The number of imide groups is 1. The number of carbonyl (C=O) groups is 3. The minimum absolute atomic E-state index is 0.0547. The van der Waals surface area contributed by atoms with E-state index < -0.39 is 12.1 Å². The number of allylic oxidation sites excluding steroid dienone is 1. The first-order valence-electron chi connectivity index (χ1n) is 8.75. The van der Waals surface area contributed by atoms with E-state index >= 15 is 0 Å². The monoisotopic (exact) mass is 339 g/mol. The highest BCUT2D eigenvalue weighted by molar-refractivity contribution is 6.04. The van der Waals surface area contributed by atoms with Gasteiger partial charge in [-0.3, -0.25) is 14.9 Å². The lowest BCUT2D eigenvalue weighted by atomic mass is 9.74. The molecule has 4 rings (SSSR count). The zero-order valence-corrected chi connectivity index (χ0v) is 14.0. The molecule has 2 N–H and O–H groups in total. The number of benzene rings is 1. The lowest BCUT2D eigenvalue weighted by Crippen LogP contribution is -2.44. The third-order valence-corrected chi connectivity index (χ3v) is 5.59. The van der Waals surface area contributed by atoms with Gasteiger partial charge in [-0.2, -0.15) is 0 Å². The van der Waals surface area contributed by atoms with E-state index in [9.17, 15) is 14.4 Å². The Labute approximate surface area is 146 Å². The summed E-state index contributed by atoms with van der Waals surface area (Å²) < 4.78 is 0. The number of nitrogens with one attached hydrogen (secondary N) is 2. The van der Waals surface area contributed by atoms with E-state index in [1.807, 2.05) is 4.90 Å². The summed E-state index contributed by atoms with van der Waals surface area (Å²) >= 11 is 0. The number of rotatable bonds is 3. The molecule has 6 nitrogen and oxygen atoms in total. The maximum absolute atomic E-state index is 12.5. The van der Waals surface area contributed by atoms with Crippen LogP contribution in [0.1, 0.15) is 36.8 Å². The fourth-order valence-electron chi connectivity index (χ4n) is 4.11. The van der Waals surface area contributed by atoms with Gasteiger partial charge in [0.15, 0.2) is 0 Å². The number of hydrogen-bond acceptors (Lipinski definition) is 3. The van der Waals surface area contributed by atoms with Gasteiger partial charge in [0.1, 0.15) is 6.04 Å². The Hall–Kier alpha value is -2.63. The first-order valence-corrected chi connectivity index (χ1v) is 8.75. The maximum Gasteiger partial charge on any atom is 0.322 e. The second-order valence-electron chi connectivity index (χ2n) is 7.01. The highest BCUT2D eigenvalue weighted by atomic mass is 16.2. The smallest absolute Gasteiger partial charge is 0.322 e. The fourth-order valence-corrected chi connectivity index (χ4v) is 4.11. The zero-order valence-electron chi connectivity index (χ0n) is 14.0. The van der Waals surface area contributed by atoms with Gasteiger partial charge >= 0.3 is 6.03 Å². The van der Waals surface area contributed by atoms with Crippen molar-refractivity contribution in [2.45, 2.75) is 37.1 Å². The first-order chi connectivity index (χ1) is 12.1. The summed E-state index contributed by atoms with van der Waals surface area (Å²) in [5.41, 5.74) is 2.71. The van der Waals surface area contributed by atoms with Crippen LogP contribution in [0.5, 0.6) is 0 Å². The SMILES string of the molecule is O=C1NC(=O)[C@H](CCC(=O)N2CCC3(C=Cc4ccccc43)CC2)N1. The number of carbonyl (C=O) groups excluding carboxylic acids is 3. The molecule has 25 heavy (non-hydrogen) atoms. The van der Waals surface area contributed by atoms with Crippen molar-refractivity contribution in [3.05, 3.63) is 41.5 Å². The largest absolute Gasteiger partial charge is 0.343 e. The van der Waals surface area contributed by atoms with Gasteiger partial charge in [-0.15, -0.1) is 0 Å². The molecule has 3 aliphatic rings. The second-order valence-corrected chi connectivity index (χ2v) is 7.01. The van der Waals surface area contributed by atoms with Crippen LogP contribution in [-0.2, 0) is 15.0 Å². The molecule has 4 amide bonds. The molecule has 6 heteroatoms. The van der Waals surface area contributed by atoms with Crippen LogP contribution in [0, 0.1) is 0 Å². The van der Waals surface area contributed by atoms with Crippen LogP contribution in [0.25, 0.3) is 6.08 Å². The Bertz CT molecular complexity index is 763. The third kappa shape index (κ3) is 2.81. The van der Waals surface area contributed by atoms with Crippen LogP contribution in [0.15, 0.2) is 30.3 Å². The van der Waals surface area contributed by atoms with Gasteiger partial charge < -0.3 is 10.2 Å². The first kappa shape index (κ1) is 15.9. The van der Waals surface area contributed by atoms with Crippen molar-refractivity contribution in [1.29, 1.82) is 0 Å². The summed E-state index contributed by atoms with van der Waals surface area (Å²) in [4.78, 5) is 37.0. The predicted octanol–water partition coefficient (Wildman–Crippen LogP) is 1.56.